The van der Waals surface area contributed by atoms with Crippen LogP contribution in [-0.2, 0) is 0 Å². The zero-order chi connectivity index (χ0) is 19.0. The Bertz CT molecular complexity index is 502. The number of aromatic hydroxyl groups is 2. The van der Waals surface area contributed by atoms with Crippen molar-refractivity contribution in [2.24, 2.45) is 0 Å². The molecule has 0 aliphatic heterocycles. The van der Waals surface area contributed by atoms with E-state index in [9.17, 15) is 15.0 Å². The molecule has 0 heterocycles. The van der Waals surface area contributed by atoms with E-state index >= 15 is 0 Å². The number of hydrogen-bond acceptors (Lipinski definition) is 3. The van der Waals surface area contributed by atoms with Gasteiger partial charge in [-0.25, -0.2) is 0 Å². The third-order valence-corrected chi connectivity index (χ3v) is 5.38. The van der Waals surface area contributed by atoms with Gasteiger partial charge in [0.2, 0.25) is 0 Å². The number of carbonyl (C=O) groups excluding carboxylic acids is 1. The number of phenolic OH excluding ortho intramolecular Hbond substituents is 2. The Morgan fingerprint density at radius 2 is 1.19 bits per heavy atom. The normalized spacial score (nSPS) is 11.0. The first-order chi connectivity index (χ1) is 12.6. The summed E-state index contributed by atoms with van der Waals surface area (Å²) in [6.45, 7) is 0. The van der Waals surface area contributed by atoms with Gasteiger partial charge in [-0.1, -0.05) is 86.6 Å². The van der Waals surface area contributed by atoms with Gasteiger partial charge in [-0.15, -0.1) is 0 Å². The highest BCUT2D eigenvalue weighted by Gasteiger charge is 2.11. The van der Waals surface area contributed by atoms with Crippen LogP contribution in [0.2, 0.25) is 0 Å². The Balaban J connectivity index is 1.91. The Morgan fingerprint density at radius 3 is 1.65 bits per heavy atom. The highest BCUT2D eigenvalue weighted by molar-refractivity contribution is 9.09. The van der Waals surface area contributed by atoms with Gasteiger partial charge < -0.3 is 10.2 Å². The van der Waals surface area contributed by atoms with Gasteiger partial charge in [0, 0.05) is 17.8 Å². The summed E-state index contributed by atoms with van der Waals surface area (Å²) in [6.07, 6.45) is 17.0. The van der Waals surface area contributed by atoms with E-state index in [1.807, 2.05) is 0 Å². The second-order valence-corrected chi connectivity index (χ2v) is 7.95. The lowest BCUT2D eigenvalue weighted by atomic mass is 10.0. The third kappa shape index (κ3) is 10.8. The van der Waals surface area contributed by atoms with Crippen molar-refractivity contribution in [3.8, 4) is 11.5 Å². The summed E-state index contributed by atoms with van der Waals surface area (Å²) in [5.41, 5.74) is 0.315. The maximum Gasteiger partial charge on any atom is 0.166 e. The molecule has 1 aromatic rings. The molecule has 0 aliphatic carbocycles. The van der Waals surface area contributed by atoms with Gasteiger partial charge in [0.05, 0.1) is 5.56 Å². The molecular weight excluding hydrogens is 392 g/mol. The fourth-order valence-corrected chi connectivity index (χ4v) is 3.61. The summed E-state index contributed by atoms with van der Waals surface area (Å²) in [5.74, 6) is -0.189. The van der Waals surface area contributed by atoms with E-state index in [0.29, 0.717) is 12.0 Å². The number of rotatable bonds is 16. The second kappa shape index (κ2) is 15.1. The SMILES string of the molecule is O=C(CCCCCCCCCCCCCCCBr)c1ccc(O)cc1O. The smallest absolute Gasteiger partial charge is 0.166 e. The number of carbonyl (C=O) groups is 1. The van der Waals surface area contributed by atoms with Crippen LogP contribution in [0.1, 0.15) is 100 Å². The molecule has 0 atom stereocenters. The quantitative estimate of drug-likeness (QED) is 0.167. The molecule has 0 fully saturated rings. The van der Waals surface area contributed by atoms with Crippen LogP contribution in [0.4, 0.5) is 0 Å². The molecule has 0 saturated carbocycles. The van der Waals surface area contributed by atoms with E-state index < -0.39 is 0 Å². The van der Waals surface area contributed by atoms with Gasteiger partial charge >= 0.3 is 0 Å². The third-order valence-electron chi connectivity index (χ3n) is 4.82. The number of halogens is 1. The largest absolute Gasteiger partial charge is 0.508 e. The molecule has 0 radical (unpaired) electrons. The molecule has 0 amide bonds. The van der Waals surface area contributed by atoms with Gasteiger partial charge in [-0.2, -0.15) is 0 Å². The summed E-state index contributed by atoms with van der Waals surface area (Å²) >= 11 is 3.47. The first kappa shape index (κ1) is 23.0. The van der Waals surface area contributed by atoms with E-state index in [4.69, 9.17) is 0 Å². The fourth-order valence-electron chi connectivity index (χ4n) is 3.22. The molecule has 0 aromatic heterocycles. The Hall–Kier alpha value is -1.03. The van der Waals surface area contributed by atoms with Crippen molar-refractivity contribution < 1.29 is 15.0 Å². The van der Waals surface area contributed by atoms with Crippen LogP contribution in [-0.4, -0.2) is 21.3 Å². The summed E-state index contributed by atoms with van der Waals surface area (Å²) < 4.78 is 0. The molecule has 0 saturated heterocycles. The molecule has 0 bridgehead atoms. The topological polar surface area (TPSA) is 57.5 Å². The number of unbranched alkanes of at least 4 members (excludes halogenated alkanes) is 12. The first-order valence-corrected chi connectivity index (χ1v) is 11.4. The fraction of sp³-hybridized carbons (Fsp3) is 0.682. The van der Waals surface area contributed by atoms with E-state index in [1.54, 1.807) is 0 Å². The van der Waals surface area contributed by atoms with E-state index in [0.717, 1.165) is 18.2 Å². The number of phenols is 2. The van der Waals surface area contributed by atoms with Crippen molar-refractivity contribution in [3.05, 3.63) is 23.8 Å². The van der Waals surface area contributed by atoms with Crippen molar-refractivity contribution in [2.75, 3.05) is 5.33 Å². The van der Waals surface area contributed by atoms with Crippen molar-refractivity contribution in [1.82, 2.24) is 0 Å². The predicted octanol–water partition coefficient (Wildman–Crippen LogP) is 7.14. The summed E-state index contributed by atoms with van der Waals surface area (Å²) in [5, 5.41) is 20.1. The summed E-state index contributed by atoms with van der Waals surface area (Å²) in [6, 6.07) is 4.15. The Kier molecular flexibility index (Phi) is 13.3. The van der Waals surface area contributed by atoms with E-state index in [-0.39, 0.29) is 17.3 Å². The molecule has 2 N–H and O–H groups in total. The molecule has 3 nitrogen and oxygen atoms in total. The molecule has 26 heavy (non-hydrogen) atoms. The highest BCUT2D eigenvalue weighted by atomic mass is 79.9. The number of ketones is 1. The van der Waals surface area contributed by atoms with Crippen molar-refractivity contribution in [3.63, 3.8) is 0 Å². The molecule has 1 rings (SSSR count). The van der Waals surface area contributed by atoms with Crippen molar-refractivity contribution in [2.45, 2.75) is 89.9 Å². The van der Waals surface area contributed by atoms with Crippen LogP contribution in [0, 0.1) is 0 Å². The van der Waals surface area contributed by atoms with Gasteiger partial charge in [0.1, 0.15) is 11.5 Å². The van der Waals surface area contributed by atoms with Crippen LogP contribution in [0.25, 0.3) is 0 Å². The van der Waals surface area contributed by atoms with Crippen molar-refractivity contribution in [1.29, 1.82) is 0 Å². The van der Waals surface area contributed by atoms with E-state index in [1.165, 1.54) is 88.8 Å². The Labute approximate surface area is 167 Å². The van der Waals surface area contributed by atoms with Gasteiger partial charge in [0.25, 0.3) is 0 Å². The number of Topliss-reactive ketones (excluding diaryl/α,β-unsaturated/α-hetero) is 1. The molecule has 4 heteroatoms. The van der Waals surface area contributed by atoms with Gasteiger partial charge in [-0.05, 0) is 25.0 Å². The maximum atomic E-state index is 12.1. The Morgan fingerprint density at radius 1 is 0.731 bits per heavy atom. The van der Waals surface area contributed by atoms with Crippen LogP contribution in [0.5, 0.6) is 11.5 Å². The van der Waals surface area contributed by atoms with Crippen molar-refractivity contribution >= 4 is 21.7 Å². The average molecular weight is 427 g/mol. The summed E-state index contributed by atoms with van der Waals surface area (Å²) in [4.78, 5) is 12.1. The zero-order valence-electron chi connectivity index (χ0n) is 16.0. The van der Waals surface area contributed by atoms with E-state index in [2.05, 4.69) is 15.9 Å². The molecular formula is C22H35BrO3. The number of alkyl halides is 1. The highest BCUT2D eigenvalue weighted by Crippen LogP contribution is 2.24. The summed E-state index contributed by atoms with van der Waals surface area (Å²) in [7, 11) is 0. The molecule has 0 spiro atoms. The van der Waals surface area contributed by atoms with Crippen LogP contribution < -0.4 is 0 Å². The second-order valence-electron chi connectivity index (χ2n) is 7.16. The average Bonchev–Trinajstić information content (AvgIpc) is 2.61. The minimum absolute atomic E-state index is 0.0197. The standard InChI is InChI=1S/C22H35BrO3/c23-17-13-11-9-7-5-3-1-2-4-6-8-10-12-14-21(25)20-16-15-19(24)18-22(20)26/h15-16,18,24,26H,1-14,17H2. The lowest BCUT2D eigenvalue weighted by Gasteiger charge is -2.05. The zero-order valence-corrected chi connectivity index (χ0v) is 17.6. The monoisotopic (exact) mass is 426 g/mol. The lowest BCUT2D eigenvalue weighted by molar-refractivity contribution is 0.0976. The first-order valence-electron chi connectivity index (χ1n) is 10.3. The maximum absolute atomic E-state index is 12.1. The van der Waals surface area contributed by atoms with Gasteiger partial charge in [0.15, 0.2) is 5.78 Å². The van der Waals surface area contributed by atoms with Crippen LogP contribution in [0.3, 0.4) is 0 Å². The number of benzene rings is 1. The molecule has 0 unspecified atom stereocenters. The van der Waals surface area contributed by atoms with Crippen LogP contribution in [0.15, 0.2) is 18.2 Å². The molecule has 148 valence electrons. The number of hydrogen-bond donors (Lipinski definition) is 2. The van der Waals surface area contributed by atoms with Gasteiger partial charge in [-0.3, -0.25) is 4.79 Å². The minimum Gasteiger partial charge on any atom is -0.508 e. The predicted molar refractivity (Wildman–Crippen MR) is 113 cm³/mol. The minimum atomic E-state index is -0.127. The molecule has 0 aliphatic rings. The van der Waals surface area contributed by atoms with Crippen LogP contribution >= 0.6 is 15.9 Å². The lowest BCUT2D eigenvalue weighted by Crippen LogP contribution is -1.99. The molecule has 1 aromatic carbocycles.